The summed E-state index contributed by atoms with van der Waals surface area (Å²) in [6.07, 6.45) is -3.73. The van der Waals surface area contributed by atoms with Gasteiger partial charge in [-0.3, -0.25) is 4.79 Å². The second-order valence-electron chi connectivity index (χ2n) is 4.56. The lowest BCUT2D eigenvalue weighted by Gasteiger charge is -2.11. The summed E-state index contributed by atoms with van der Waals surface area (Å²) in [6.45, 7) is -0.0147. The molecule has 8 heteroatoms. The summed E-state index contributed by atoms with van der Waals surface area (Å²) < 4.78 is 38.9. The van der Waals surface area contributed by atoms with Crippen LogP contribution in [-0.2, 0) is 12.7 Å². The number of rotatable bonds is 3. The maximum absolute atomic E-state index is 12.7. The Balaban J connectivity index is 2.29. The fourth-order valence-electron chi connectivity index (χ4n) is 1.86. The number of nitrogens with zero attached hydrogens (tertiary/aromatic N) is 2. The van der Waals surface area contributed by atoms with E-state index in [0.29, 0.717) is 11.1 Å². The molecule has 0 bridgehead atoms. The average molecular weight is 311 g/mol. The van der Waals surface area contributed by atoms with E-state index in [1.165, 1.54) is 0 Å². The van der Waals surface area contributed by atoms with E-state index >= 15 is 0 Å². The number of hydrogen-bond acceptors (Lipinski definition) is 3. The zero-order chi connectivity index (χ0) is 16.3. The number of oxime groups is 1. The van der Waals surface area contributed by atoms with Crippen LogP contribution in [0.3, 0.4) is 0 Å². The summed E-state index contributed by atoms with van der Waals surface area (Å²) in [4.78, 5) is 11.6. The predicted molar refractivity (Wildman–Crippen MR) is 73.8 cm³/mol. The van der Waals surface area contributed by atoms with Crippen molar-refractivity contribution < 1.29 is 18.4 Å². The Kier molecular flexibility index (Phi) is 4.20. The lowest BCUT2D eigenvalue weighted by atomic mass is 10.1. The van der Waals surface area contributed by atoms with Crippen LogP contribution in [0.1, 0.15) is 16.7 Å². The van der Waals surface area contributed by atoms with Crippen molar-refractivity contribution in [1.82, 2.24) is 4.57 Å². The van der Waals surface area contributed by atoms with Crippen LogP contribution >= 0.6 is 0 Å². The molecule has 0 aliphatic rings. The molecule has 0 fully saturated rings. The molecule has 3 N–H and O–H groups in total. The minimum absolute atomic E-state index is 0.0147. The van der Waals surface area contributed by atoms with Gasteiger partial charge >= 0.3 is 6.18 Å². The van der Waals surface area contributed by atoms with Crippen molar-refractivity contribution >= 4 is 5.84 Å². The minimum Gasteiger partial charge on any atom is -0.409 e. The third kappa shape index (κ3) is 3.46. The fourth-order valence-corrected chi connectivity index (χ4v) is 1.86. The first-order valence-electron chi connectivity index (χ1n) is 6.16. The second-order valence-corrected chi connectivity index (χ2v) is 4.56. The number of aromatic nitrogens is 1. The number of pyridine rings is 1. The van der Waals surface area contributed by atoms with E-state index in [2.05, 4.69) is 5.16 Å². The molecule has 0 aliphatic heterocycles. The smallest absolute Gasteiger partial charge is 0.409 e. The van der Waals surface area contributed by atoms with Gasteiger partial charge in [0.15, 0.2) is 5.84 Å². The Labute approximate surface area is 123 Å². The maximum atomic E-state index is 12.7. The van der Waals surface area contributed by atoms with E-state index in [9.17, 15) is 18.0 Å². The van der Waals surface area contributed by atoms with Gasteiger partial charge in [0.25, 0.3) is 5.56 Å². The number of benzene rings is 1. The van der Waals surface area contributed by atoms with E-state index in [0.717, 1.165) is 22.9 Å². The van der Waals surface area contributed by atoms with Crippen molar-refractivity contribution in [1.29, 1.82) is 0 Å². The van der Waals surface area contributed by atoms with Crippen molar-refractivity contribution in [3.05, 3.63) is 69.6 Å². The lowest BCUT2D eigenvalue weighted by molar-refractivity contribution is -0.138. The van der Waals surface area contributed by atoms with Crippen LogP contribution in [0.2, 0.25) is 0 Å². The number of hydrogen-bond donors (Lipinski definition) is 2. The van der Waals surface area contributed by atoms with E-state index in [1.54, 1.807) is 24.3 Å². The highest BCUT2D eigenvalue weighted by Crippen LogP contribution is 2.28. The SMILES string of the molecule is NC(=NO)c1ccc(Cn2cc(C(F)(F)F)ccc2=O)cc1. The van der Waals surface area contributed by atoms with Crippen LogP contribution in [0, 0.1) is 0 Å². The first-order valence-corrected chi connectivity index (χ1v) is 6.16. The molecule has 2 aromatic rings. The van der Waals surface area contributed by atoms with Crippen LogP contribution in [0.25, 0.3) is 0 Å². The number of halogens is 3. The van der Waals surface area contributed by atoms with Crippen molar-refractivity contribution in [2.24, 2.45) is 10.9 Å². The number of alkyl halides is 3. The monoisotopic (exact) mass is 311 g/mol. The predicted octanol–water partition coefficient (Wildman–Crippen LogP) is 2.01. The molecule has 1 heterocycles. The molecule has 116 valence electrons. The molecule has 1 aromatic carbocycles. The van der Waals surface area contributed by atoms with Gasteiger partial charge < -0.3 is 15.5 Å². The molecule has 0 amide bonds. The largest absolute Gasteiger partial charge is 0.417 e. The molecule has 0 spiro atoms. The molecule has 0 radical (unpaired) electrons. The Morgan fingerprint density at radius 2 is 1.82 bits per heavy atom. The summed E-state index contributed by atoms with van der Waals surface area (Å²) >= 11 is 0. The van der Waals surface area contributed by atoms with Gasteiger partial charge in [-0.1, -0.05) is 29.4 Å². The van der Waals surface area contributed by atoms with Crippen molar-refractivity contribution in [2.45, 2.75) is 12.7 Å². The second kappa shape index (κ2) is 5.92. The standard InChI is InChI=1S/C14H12F3N3O2/c15-14(16,17)11-5-6-12(21)20(8-11)7-9-1-3-10(4-2-9)13(18)19-22/h1-6,8,22H,7H2,(H2,18,19). The number of amidine groups is 1. The molecule has 0 saturated carbocycles. The first kappa shape index (κ1) is 15.6. The van der Waals surface area contributed by atoms with Gasteiger partial charge in [0.2, 0.25) is 0 Å². The van der Waals surface area contributed by atoms with Crippen LogP contribution in [0.15, 0.2) is 52.5 Å². The van der Waals surface area contributed by atoms with E-state index in [4.69, 9.17) is 10.9 Å². The van der Waals surface area contributed by atoms with Crippen LogP contribution in [0.4, 0.5) is 13.2 Å². The molecular formula is C14H12F3N3O2. The van der Waals surface area contributed by atoms with Crippen LogP contribution < -0.4 is 11.3 Å². The normalized spacial score (nSPS) is 12.4. The highest BCUT2D eigenvalue weighted by Gasteiger charge is 2.31. The molecule has 0 atom stereocenters. The van der Waals surface area contributed by atoms with Gasteiger partial charge in [0.1, 0.15) is 0 Å². The zero-order valence-corrected chi connectivity index (χ0v) is 11.2. The Bertz CT molecular complexity index is 749. The van der Waals surface area contributed by atoms with E-state index in [-0.39, 0.29) is 12.4 Å². The maximum Gasteiger partial charge on any atom is 0.417 e. The van der Waals surface area contributed by atoms with E-state index in [1.807, 2.05) is 0 Å². The van der Waals surface area contributed by atoms with Gasteiger partial charge in [0.05, 0.1) is 12.1 Å². The molecule has 5 nitrogen and oxygen atoms in total. The summed E-state index contributed by atoms with van der Waals surface area (Å²) in [5, 5.41) is 11.4. The van der Waals surface area contributed by atoms with Gasteiger partial charge in [0, 0.05) is 17.8 Å². The lowest BCUT2D eigenvalue weighted by Crippen LogP contribution is -2.22. The van der Waals surface area contributed by atoms with Crippen molar-refractivity contribution in [3.63, 3.8) is 0 Å². The third-order valence-electron chi connectivity index (χ3n) is 3.02. The Morgan fingerprint density at radius 3 is 2.36 bits per heavy atom. The first-order chi connectivity index (χ1) is 10.3. The molecule has 22 heavy (non-hydrogen) atoms. The molecule has 2 rings (SSSR count). The number of nitrogens with two attached hydrogens (primary N) is 1. The Hall–Kier alpha value is -2.77. The molecular weight excluding hydrogens is 299 g/mol. The van der Waals surface area contributed by atoms with Gasteiger partial charge in [-0.25, -0.2) is 0 Å². The fraction of sp³-hybridized carbons (Fsp3) is 0.143. The highest BCUT2D eigenvalue weighted by molar-refractivity contribution is 5.96. The summed E-state index contributed by atoms with van der Waals surface area (Å²) in [5.74, 6) is -0.0808. The average Bonchev–Trinajstić information content (AvgIpc) is 2.48. The zero-order valence-electron chi connectivity index (χ0n) is 11.2. The molecule has 0 unspecified atom stereocenters. The summed E-state index contributed by atoms with van der Waals surface area (Å²) in [7, 11) is 0. The van der Waals surface area contributed by atoms with Crippen LogP contribution in [-0.4, -0.2) is 15.6 Å². The van der Waals surface area contributed by atoms with Crippen LogP contribution in [0.5, 0.6) is 0 Å². The van der Waals surface area contributed by atoms with Crippen molar-refractivity contribution in [2.75, 3.05) is 0 Å². The summed E-state index contributed by atoms with van der Waals surface area (Å²) in [5.41, 5.74) is 5.05. The third-order valence-corrected chi connectivity index (χ3v) is 3.02. The topological polar surface area (TPSA) is 80.6 Å². The minimum atomic E-state index is -4.51. The van der Waals surface area contributed by atoms with Gasteiger partial charge in [-0.2, -0.15) is 13.2 Å². The quantitative estimate of drug-likeness (QED) is 0.394. The van der Waals surface area contributed by atoms with Gasteiger partial charge in [-0.05, 0) is 11.6 Å². The Morgan fingerprint density at radius 1 is 1.18 bits per heavy atom. The molecule has 0 saturated heterocycles. The summed E-state index contributed by atoms with van der Waals surface area (Å²) in [6, 6.07) is 7.89. The van der Waals surface area contributed by atoms with Crippen molar-refractivity contribution in [3.8, 4) is 0 Å². The van der Waals surface area contributed by atoms with Gasteiger partial charge in [-0.15, -0.1) is 0 Å². The van der Waals surface area contributed by atoms with E-state index < -0.39 is 17.3 Å². The highest BCUT2D eigenvalue weighted by atomic mass is 19.4. The molecule has 1 aromatic heterocycles. The molecule has 0 aliphatic carbocycles.